The first-order chi connectivity index (χ1) is 8.90. The topological polar surface area (TPSA) is 9.23 Å². The summed E-state index contributed by atoms with van der Waals surface area (Å²) < 4.78 is 52.9. The molecular weight excluding hydrogens is 328 g/mol. The van der Waals surface area contributed by atoms with Crippen molar-refractivity contribution in [1.82, 2.24) is 0 Å². The summed E-state index contributed by atoms with van der Waals surface area (Å²) in [6.45, 7) is -1.14. The quantitative estimate of drug-likeness (QED) is 0.406. The number of ether oxygens (including phenoxy) is 1. The molecule has 1 nitrogen and oxygen atoms in total. The van der Waals surface area contributed by atoms with Crippen LogP contribution in [0.3, 0.4) is 0 Å². The van der Waals surface area contributed by atoms with E-state index in [-0.39, 0.29) is 18.3 Å². The molecule has 0 fully saturated rings. The van der Waals surface area contributed by atoms with E-state index in [1.54, 1.807) is 12.1 Å². The molecule has 0 amide bonds. The highest BCUT2D eigenvalue weighted by atomic mass is 79.9. The van der Waals surface area contributed by atoms with Crippen molar-refractivity contribution in [3.8, 4) is 0 Å². The molecule has 19 heavy (non-hydrogen) atoms. The Morgan fingerprint density at radius 1 is 1.16 bits per heavy atom. The Morgan fingerprint density at radius 2 is 1.79 bits per heavy atom. The van der Waals surface area contributed by atoms with Gasteiger partial charge in [-0.2, -0.15) is 13.2 Å². The maximum Gasteiger partial charge on any atom is 0.411 e. The zero-order valence-electron chi connectivity index (χ0n) is 10.2. The zero-order valence-corrected chi connectivity index (χ0v) is 11.8. The van der Waals surface area contributed by atoms with Crippen LogP contribution in [-0.2, 0) is 11.2 Å². The molecule has 0 heterocycles. The second kappa shape index (κ2) is 7.85. The van der Waals surface area contributed by atoms with Gasteiger partial charge in [-0.05, 0) is 36.5 Å². The van der Waals surface area contributed by atoms with Crippen molar-refractivity contribution in [3.63, 3.8) is 0 Å². The molecule has 1 aromatic carbocycles. The lowest BCUT2D eigenvalue weighted by Crippen LogP contribution is -2.19. The molecule has 0 aliphatic heterocycles. The molecule has 1 aromatic rings. The maximum absolute atomic E-state index is 12.7. The van der Waals surface area contributed by atoms with E-state index >= 15 is 0 Å². The number of hydrogen-bond acceptors (Lipinski definition) is 1. The normalized spacial score (nSPS) is 13.5. The van der Waals surface area contributed by atoms with E-state index in [0.717, 1.165) is 5.56 Å². The molecule has 0 aromatic heterocycles. The van der Waals surface area contributed by atoms with Crippen molar-refractivity contribution < 1.29 is 22.3 Å². The summed E-state index contributed by atoms with van der Waals surface area (Å²) in [5.74, 6) is -0.133. The molecule has 0 aliphatic carbocycles. The molecule has 1 unspecified atom stereocenters. The summed E-state index contributed by atoms with van der Waals surface area (Å²) >= 11 is 3.33. The SMILES string of the molecule is Fc1ccc(CC(CBr)CCOCC(F)(F)F)cc1. The van der Waals surface area contributed by atoms with Gasteiger partial charge < -0.3 is 4.74 Å². The Hall–Kier alpha value is -0.620. The predicted molar refractivity (Wildman–Crippen MR) is 68.9 cm³/mol. The lowest BCUT2D eigenvalue weighted by atomic mass is 9.98. The van der Waals surface area contributed by atoms with Gasteiger partial charge in [0, 0.05) is 11.9 Å². The third kappa shape index (κ3) is 7.52. The Bertz CT molecular complexity index is 364. The van der Waals surface area contributed by atoms with Gasteiger partial charge in [0.25, 0.3) is 0 Å². The van der Waals surface area contributed by atoms with Gasteiger partial charge in [0.1, 0.15) is 12.4 Å². The van der Waals surface area contributed by atoms with Gasteiger partial charge in [0.2, 0.25) is 0 Å². The molecule has 0 spiro atoms. The number of benzene rings is 1. The second-order valence-corrected chi connectivity index (χ2v) is 4.95. The van der Waals surface area contributed by atoms with Crippen LogP contribution in [0.1, 0.15) is 12.0 Å². The van der Waals surface area contributed by atoms with Crippen LogP contribution in [0.4, 0.5) is 17.6 Å². The van der Waals surface area contributed by atoms with E-state index in [1.807, 2.05) is 0 Å². The van der Waals surface area contributed by atoms with Crippen LogP contribution in [0.2, 0.25) is 0 Å². The van der Waals surface area contributed by atoms with Crippen LogP contribution in [-0.4, -0.2) is 24.7 Å². The molecule has 0 N–H and O–H groups in total. The van der Waals surface area contributed by atoms with Crippen molar-refractivity contribution in [2.24, 2.45) is 5.92 Å². The lowest BCUT2D eigenvalue weighted by molar-refractivity contribution is -0.174. The monoisotopic (exact) mass is 342 g/mol. The maximum atomic E-state index is 12.7. The summed E-state index contributed by atoms with van der Waals surface area (Å²) in [6, 6.07) is 6.12. The molecule has 1 rings (SSSR count). The van der Waals surface area contributed by atoms with Gasteiger partial charge >= 0.3 is 6.18 Å². The fourth-order valence-corrected chi connectivity index (χ4v) is 2.18. The largest absolute Gasteiger partial charge is 0.411 e. The minimum Gasteiger partial charge on any atom is -0.372 e. The summed E-state index contributed by atoms with van der Waals surface area (Å²) in [7, 11) is 0. The van der Waals surface area contributed by atoms with Crippen LogP contribution < -0.4 is 0 Å². The fraction of sp³-hybridized carbons (Fsp3) is 0.538. The van der Waals surface area contributed by atoms with Crippen molar-refractivity contribution in [1.29, 1.82) is 0 Å². The Balaban J connectivity index is 2.31. The van der Waals surface area contributed by atoms with Gasteiger partial charge in [-0.1, -0.05) is 28.1 Å². The smallest absolute Gasteiger partial charge is 0.372 e. The van der Waals surface area contributed by atoms with E-state index in [2.05, 4.69) is 20.7 Å². The summed E-state index contributed by atoms with van der Waals surface area (Å²) in [5, 5.41) is 0.666. The first-order valence-electron chi connectivity index (χ1n) is 5.85. The van der Waals surface area contributed by atoms with Gasteiger partial charge in [-0.3, -0.25) is 0 Å². The first kappa shape index (κ1) is 16.4. The van der Waals surface area contributed by atoms with Crippen LogP contribution in [0.25, 0.3) is 0 Å². The van der Waals surface area contributed by atoms with Gasteiger partial charge in [-0.25, -0.2) is 4.39 Å². The Labute approximate surface area is 118 Å². The standard InChI is InChI=1S/C13H15BrF4O/c14-8-11(5-6-19-9-13(16,17)18)7-10-1-3-12(15)4-2-10/h1-4,11H,5-9H2. The van der Waals surface area contributed by atoms with Crippen molar-refractivity contribution >= 4 is 15.9 Å². The van der Waals surface area contributed by atoms with Gasteiger partial charge in [0.15, 0.2) is 0 Å². The van der Waals surface area contributed by atoms with Crippen molar-refractivity contribution in [2.75, 3.05) is 18.5 Å². The summed E-state index contributed by atoms with van der Waals surface area (Å²) in [4.78, 5) is 0. The molecule has 0 bridgehead atoms. The minimum atomic E-state index is -4.28. The number of hydrogen-bond donors (Lipinski definition) is 0. The summed E-state index contributed by atoms with van der Waals surface area (Å²) in [5.41, 5.74) is 0.960. The molecule has 0 radical (unpaired) electrons. The van der Waals surface area contributed by atoms with Crippen molar-refractivity contribution in [2.45, 2.75) is 19.0 Å². The Morgan fingerprint density at radius 3 is 2.32 bits per heavy atom. The molecule has 0 aliphatic rings. The molecule has 108 valence electrons. The molecule has 0 saturated heterocycles. The summed E-state index contributed by atoms with van der Waals surface area (Å²) in [6.07, 6.45) is -3.07. The van der Waals surface area contributed by atoms with Crippen LogP contribution in [0, 0.1) is 11.7 Å². The van der Waals surface area contributed by atoms with Crippen LogP contribution >= 0.6 is 15.9 Å². The van der Waals surface area contributed by atoms with E-state index in [0.29, 0.717) is 18.2 Å². The second-order valence-electron chi connectivity index (χ2n) is 4.31. The zero-order chi connectivity index (χ0) is 14.3. The highest BCUT2D eigenvalue weighted by molar-refractivity contribution is 9.09. The average Bonchev–Trinajstić information content (AvgIpc) is 2.34. The highest BCUT2D eigenvalue weighted by Crippen LogP contribution is 2.18. The third-order valence-corrected chi connectivity index (χ3v) is 3.51. The van der Waals surface area contributed by atoms with Crippen LogP contribution in [0.15, 0.2) is 24.3 Å². The van der Waals surface area contributed by atoms with E-state index in [4.69, 9.17) is 0 Å². The average molecular weight is 343 g/mol. The molecular formula is C13H15BrF4O. The highest BCUT2D eigenvalue weighted by Gasteiger charge is 2.27. The van der Waals surface area contributed by atoms with E-state index < -0.39 is 12.8 Å². The first-order valence-corrected chi connectivity index (χ1v) is 6.98. The van der Waals surface area contributed by atoms with Crippen molar-refractivity contribution in [3.05, 3.63) is 35.6 Å². The lowest BCUT2D eigenvalue weighted by Gasteiger charge is -2.15. The van der Waals surface area contributed by atoms with E-state index in [1.165, 1.54) is 12.1 Å². The number of alkyl halides is 4. The van der Waals surface area contributed by atoms with Gasteiger partial charge in [0.05, 0.1) is 0 Å². The Kier molecular flexibility index (Phi) is 6.79. The number of halogens is 5. The third-order valence-electron chi connectivity index (χ3n) is 2.59. The molecule has 0 saturated carbocycles. The fourth-order valence-electron chi connectivity index (χ4n) is 1.63. The van der Waals surface area contributed by atoms with Crippen LogP contribution in [0.5, 0.6) is 0 Å². The minimum absolute atomic E-state index is 0.0664. The predicted octanol–water partition coefficient (Wildman–Crippen LogP) is 4.35. The van der Waals surface area contributed by atoms with E-state index in [9.17, 15) is 17.6 Å². The number of rotatable bonds is 7. The van der Waals surface area contributed by atoms with Gasteiger partial charge in [-0.15, -0.1) is 0 Å². The molecule has 6 heteroatoms. The molecule has 1 atom stereocenters.